The van der Waals surface area contributed by atoms with Gasteiger partial charge < -0.3 is 10.0 Å². The molecule has 0 aliphatic heterocycles. The van der Waals surface area contributed by atoms with Gasteiger partial charge in [-0.25, -0.2) is 0 Å². The molecule has 0 saturated heterocycles. The number of aliphatic hydroxyl groups is 1. The lowest BCUT2D eigenvalue weighted by Gasteiger charge is -2.33. The third kappa shape index (κ3) is 3.61. The van der Waals surface area contributed by atoms with E-state index in [9.17, 15) is 5.11 Å². The molecule has 1 aromatic rings. The third-order valence-corrected chi connectivity index (χ3v) is 4.06. The zero-order chi connectivity index (χ0) is 14.4. The Kier molecular flexibility index (Phi) is 5.20. The lowest BCUT2D eigenvalue weighted by Crippen LogP contribution is -2.34. The molecule has 106 valence electrons. The summed E-state index contributed by atoms with van der Waals surface area (Å²) in [7, 11) is 2.00. The summed E-state index contributed by atoms with van der Waals surface area (Å²) in [6.45, 7) is 0.795. The van der Waals surface area contributed by atoms with Gasteiger partial charge in [-0.05, 0) is 18.4 Å². The van der Waals surface area contributed by atoms with Crippen LogP contribution >= 0.6 is 0 Å². The second-order valence-corrected chi connectivity index (χ2v) is 5.52. The smallest absolute Gasteiger partial charge is 0.0933 e. The summed E-state index contributed by atoms with van der Waals surface area (Å²) < 4.78 is 0. The van der Waals surface area contributed by atoms with Gasteiger partial charge in [-0.2, -0.15) is 5.26 Å². The number of hydrogen-bond donors (Lipinski definition) is 1. The fraction of sp³-hybridized carbons (Fsp3) is 0.471. The van der Waals surface area contributed by atoms with Crippen LogP contribution < -0.4 is 0 Å². The van der Waals surface area contributed by atoms with E-state index in [0.717, 1.165) is 37.1 Å². The lowest BCUT2D eigenvalue weighted by molar-refractivity contribution is 0.0595. The van der Waals surface area contributed by atoms with Crippen molar-refractivity contribution < 1.29 is 5.11 Å². The molecule has 20 heavy (non-hydrogen) atoms. The SMILES string of the molecule is CN(CC1CCCCC1O)/C(=C/C#N)c1ccccc1. The lowest BCUT2D eigenvalue weighted by atomic mass is 9.86. The highest BCUT2D eigenvalue weighted by Crippen LogP contribution is 2.27. The molecule has 0 heterocycles. The molecule has 1 fully saturated rings. The van der Waals surface area contributed by atoms with Crippen molar-refractivity contribution in [3.8, 4) is 6.07 Å². The highest BCUT2D eigenvalue weighted by molar-refractivity contribution is 5.65. The van der Waals surface area contributed by atoms with E-state index >= 15 is 0 Å². The van der Waals surface area contributed by atoms with Gasteiger partial charge in [0.2, 0.25) is 0 Å². The number of allylic oxidation sites excluding steroid dienone is 1. The Labute approximate surface area is 121 Å². The quantitative estimate of drug-likeness (QED) is 0.855. The first-order valence-corrected chi connectivity index (χ1v) is 7.26. The largest absolute Gasteiger partial charge is 0.393 e. The van der Waals surface area contributed by atoms with Crippen LogP contribution in [0.4, 0.5) is 0 Å². The van der Waals surface area contributed by atoms with Crippen LogP contribution in [-0.2, 0) is 0 Å². The van der Waals surface area contributed by atoms with Crippen molar-refractivity contribution in [3.63, 3.8) is 0 Å². The maximum Gasteiger partial charge on any atom is 0.0933 e. The van der Waals surface area contributed by atoms with Crippen LogP contribution in [0.25, 0.3) is 5.70 Å². The Balaban J connectivity index is 2.10. The van der Waals surface area contributed by atoms with E-state index in [2.05, 4.69) is 11.0 Å². The van der Waals surface area contributed by atoms with Gasteiger partial charge in [-0.15, -0.1) is 0 Å². The van der Waals surface area contributed by atoms with Crippen LogP contribution in [0.15, 0.2) is 36.4 Å². The van der Waals surface area contributed by atoms with Crippen molar-refractivity contribution in [2.45, 2.75) is 31.8 Å². The number of benzene rings is 1. The molecule has 3 heteroatoms. The van der Waals surface area contributed by atoms with Gasteiger partial charge >= 0.3 is 0 Å². The molecule has 1 aliphatic carbocycles. The first kappa shape index (κ1) is 14.6. The number of rotatable bonds is 4. The van der Waals surface area contributed by atoms with Crippen molar-refractivity contribution in [3.05, 3.63) is 42.0 Å². The topological polar surface area (TPSA) is 47.3 Å². The van der Waals surface area contributed by atoms with Gasteiger partial charge in [0.15, 0.2) is 0 Å². The summed E-state index contributed by atoms with van der Waals surface area (Å²) in [5.74, 6) is 0.305. The second kappa shape index (κ2) is 7.12. The first-order valence-electron chi connectivity index (χ1n) is 7.26. The fourth-order valence-corrected chi connectivity index (χ4v) is 2.94. The summed E-state index contributed by atoms with van der Waals surface area (Å²) >= 11 is 0. The van der Waals surface area contributed by atoms with Crippen molar-refractivity contribution in [1.82, 2.24) is 4.90 Å². The summed E-state index contributed by atoms with van der Waals surface area (Å²) in [5.41, 5.74) is 1.97. The van der Waals surface area contributed by atoms with E-state index in [1.165, 1.54) is 6.42 Å². The summed E-state index contributed by atoms with van der Waals surface area (Å²) in [6.07, 6.45) is 5.68. The molecule has 2 atom stereocenters. The minimum Gasteiger partial charge on any atom is -0.393 e. The zero-order valence-corrected chi connectivity index (χ0v) is 12.0. The summed E-state index contributed by atoms with van der Waals surface area (Å²) in [6, 6.07) is 12.1. The second-order valence-electron chi connectivity index (χ2n) is 5.52. The van der Waals surface area contributed by atoms with Gasteiger partial charge in [0, 0.05) is 25.6 Å². The van der Waals surface area contributed by atoms with Crippen LogP contribution in [0.3, 0.4) is 0 Å². The van der Waals surface area contributed by atoms with Crippen molar-refractivity contribution in [2.24, 2.45) is 5.92 Å². The van der Waals surface area contributed by atoms with E-state index in [1.807, 2.05) is 37.4 Å². The summed E-state index contributed by atoms with van der Waals surface area (Å²) in [5, 5.41) is 19.1. The van der Waals surface area contributed by atoms with E-state index < -0.39 is 0 Å². The van der Waals surface area contributed by atoms with E-state index in [4.69, 9.17) is 5.26 Å². The maximum absolute atomic E-state index is 10.1. The predicted octanol–water partition coefficient (Wildman–Crippen LogP) is 3.03. The normalized spacial score (nSPS) is 23.1. The highest BCUT2D eigenvalue weighted by Gasteiger charge is 2.24. The van der Waals surface area contributed by atoms with Gasteiger partial charge in [-0.3, -0.25) is 0 Å². The van der Waals surface area contributed by atoms with Crippen molar-refractivity contribution >= 4 is 5.70 Å². The molecule has 0 bridgehead atoms. The van der Waals surface area contributed by atoms with Crippen LogP contribution in [0.2, 0.25) is 0 Å². The van der Waals surface area contributed by atoms with Gasteiger partial charge in [0.1, 0.15) is 0 Å². The Hall–Kier alpha value is -1.79. The average Bonchev–Trinajstić information content (AvgIpc) is 2.48. The molecule has 2 rings (SSSR count). The number of hydrogen-bond acceptors (Lipinski definition) is 3. The Morgan fingerprint density at radius 3 is 2.70 bits per heavy atom. The molecule has 2 unspecified atom stereocenters. The Morgan fingerprint density at radius 1 is 1.35 bits per heavy atom. The minimum atomic E-state index is -0.203. The van der Waals surface area contributed by atoms with Gasteiger partial charge in [0.25, 0.3) is 0 Å². The first-order chi connectivity index (χ1) is 9.72. The van der Waals surface area contributed by atoms with Crippen LogP contribution in [-0.4, -0.2) is 29.7 Å². The molecule has 1 saturated carbocycles. The predicted molar refractivity (Wildman–Crippen MR) is 80.6 cm³/mol. The molecule has 0 amide bonds. The molecule has 1 aromatic carbocycles. The van der Waals surface area contributed by atoms with Crippen molar-refractivity contribution in [2.75, 3.05) is 13.6 Å². The van der Waals surface area contributed by atoms with Crippen LogP contribution in [0.1, 0.15) is 31.2 Å². The monoisotopic (exact) mass is 270 g/mol. The minimum absolute atomic E-state index is 0.203. The average molecular weight is 270 g/mol. The van der Waals surface area contributed by atoms with Crippen molar-refractivity contribution in [1.29, 1.82) is 5.26 Å². The van der Waals surface area contributed by atoms with E-state index in [-0.39, 0.29) is 6.10 Å². The molecule has 1 aliphatic rings. The molecular formula is C17H22N2O. The van der Waals surface area contributed by atoms with Crippen LogP contribution in [0, 0.1) is 17.2 Å². The number of aliphatic hydroxyl groups excluding tert-OH is 1. The Bertz CT molecular complexity index is 489. The molecular weight excluding hydrogens is 248 g/mol. The zero-order valence-electron chi connectivity index (χ0n) is 12.0. The third-order valence-electron chi connectivity index (χ3n) is 4.06. The fourth-order valence-electron chi connectivity index (χ4n) is 2.94. The van der Waals surface area contributed by atoms with Crippen LogP contribution in [0.5, 0.6) is 0 Å². The van der Waals surface area contributed by atoms with E-state index in [1.54, 1.807) is 6.08 Å². The highest BCUT2D eigenvalue weighted by atomic mass is 16.3. The summed E-state index contributed by atoms with van der Waals surface area (Å²) in [4.78, 5) is 2.10. The molecule has 0 aromatic heterocycles. The Morgan fingerprint density at radius 2 is 2.05 bits per heavy atom. The van der Waals surface area contributed by atoms with Gasteiger partial charge in [0.05, 0.1) is 17.9 Å². The molecule has 0 radical (unpaired) electrons. The van der Waals surface area contributed by atoms with E-state index in [0.29, 0.717) is 5.92 Å². The maximum atomic E-state index is 10.1. The van der Waals surface area contributed by atoms with Gasteiger partial charge in [-0.1, -0.05) is 43.2 Å². The molecule has 1 N–H and O–H groups in total. The molecule has 3 nitrogen and oxygen atoms in total. The number of nitrogens with zero attached hydrogens (tertiary/aromatic N) is 2. The molecule has 0 spiro atoms. The standard InChI is InChI=1S/C17H22N2O/c1-19(13-15-9-5-6-10-17(15)20)16(11-12-18)14-7-3-2-4-8-14/h2-4,7-8,11,15,17,20H,5-6,9-10,13H2,1H3/b16-11+. The number of nitriles is 1.